The van der Waals surface area contributed by atoms with E-state index in [2.05, 4.69) is 42.5 Å². The van der Waals surface area contributed by atoms with E-state index in [1.165, 1.54) is 22.3 Å². The fourth-order valence-corrected chi connectivity index (χ4v) is 2.76. The Balaban J connectivity index is 2.26. The van der Waals surface area contributed by atoms with Gasteiger partial charge in [-0.05, 0) is 34.4 Å². The Bertz CT molecular complexity index is 616. The molecule has 0 heterocycles. The maximum absolute atomic E-state index is 6.11. The lowest BCUT2D eigenvalue weighted by Gasteiger charge is -2.18. The maximum Gasteiger partial charge on any atom is 0.0409 e. The van der Waals surface area contributed by atoms with Gasteiger partial charge in [0, 0.05) is 17.5 Å². The molecule has 1 atom stereocenters. The summed E-state index contributed by atoms with van der Waals surface area (Å²) in [5.74, 6) is 0.213. The summed E-state index contributed by atoms with van der Waals surface area (Å²) in [7, 11) is 0. The second-order valence-corrected chi connectivity index (χ2v) is 4.96. The van der Waals surface area contributed by atoms with E-state index in [1.807, 2.05) is 12.1 Å². The van der Waals surface area contributed by atoms with Crippen LogP contribution >= 0.6 is 11.6 Å². The van der Waals surface area contributed by atoms with Crippen LogP contribution in [0.5, 0.6) is 0 Å². The van der Waals surface area contributed by atoms with Crippen molar-refractivity contribution in [1.29, 1.82) is 0 Å². The molecule has 1 aliphatic carbocycles. The van der Waals surface area contributed by atoms with Crippen molar-refractivity contribution in [1.82, 2.24) is 0 Å². The highest BCUT2D eigenvalue weighted by atomic mass is 35.5. The van der Waals surface area contributed by atoms with E-state index < -0.39 is 0 Å². The Hall–Kier alpha value is -1.57. The molecule has 0 saturated heterocycles. The molecule has 0 bridgehead atoms. The number of benzene rings is 2. The molecule has 0 spiro atoms. The van der Waals surface area contributed by atoms with Gasteiger partial charge in [0.1, 0.15) is 0 Å². The molecule has 1 nitrogen and oxygen atoms in total. The Labute approximate surface area is 112 Å². The largest absolute Gasteiger partial charge is 0.330 e. The first kappa shape index (κ1) is 11.5. The average molecular weight is 256 g/mol. The summed E-state index contributed by atoms with van der Waals surface area (Å²) in [6.07, 6.45) is 4.29. The Morgan fingerprint density at radius 2 is 1.67 bits per heavy atom. The van der Waals surface area contributed by atoms with Crippen LogP contribution in [0.1, 0.15) is 28.2 Å². The molecule has 0 amide bonds. The number of fused-ring (bicyclic) bond motifs is 2. The second-order valence-electron chi connectivity index (χ2n) is 4.52. The smallest absolute Gasteiger partial charge is 0.0409 e. The summed E-state index contributed by atoms with van der Waals surface area (Å²) < 4.78 is 0. The van der Waals surface area contributed by atoms with Gasteiger partial charge < -0.3 is 5.73 Å². The van der Waals surface area contributed by atoms with Crippen molar-refractivity contribution in [3.05, 3.63) is 69.7 Å². The molecule has 2 aromatic rings. The van der Waals surface area contributed by atoms with Gasteiger partial charge in [-0.1, -0.05) is 54.1 Å². The fraction of sp³-hybridized carbons (Fsp3) is 0.125. The topological polar surface area (TPSA) is 26.0 Å². The van der Waals surface area contributed by atoms with Crippen molar-refractivity contribution in [3.8, 4) is 0 Å². The van der Waals surface area contributed by atoms with Crippen molar-refractivity contribution in [2.45, 2.75) is 5.92 Å². The van der Waals surface area contributed by atoms with Crippen LogP contribution in [0.15, 0.2) is 42.5 Å². The third kappa shape index (κ3) is 1.86. The van der Waals surface area contributed by atoms with E-state index in [0.717, 1.165) is 5.02 Å². The van der Waals surface area contributed by atoms with Crippen molar-refractivity contribution in [3.63, 3.8) is 0 Å². The highest BCUT2D eigenvalue weighted by Gasteiger charge is 2.19. The van der Waals surface area contributed by atoms with Crippen molar-refractivity contribution in [2.75, 3.05) is 6.54 Å². The van der Waals surface area contributed by atoms with Gasteiger partial charge in [-0.2, -0.15) is 0 Å². The molecule has 0 unspecified atom stereocenters. The lowest BCUT2D eigenvalue weighted by atomic mass is 9.88. The van der Waals surface area contributed by atoms with Gasteiger partial charge in [0.2, 0.25) is 0 Å². The quantitative estimate of drug-likeness (QED) is 0.821. The minimum Gasteiger partial charge on any atom is -0.330 e. The molecule has 0 radical (unpaired) electrons. The van der Waals surface area contributed by atoms with Gasteiger partial charge in [0.25, 0.3) is 0 Å². The molecule has 0 aliphatic heterocycles. The van der Waals surface area contributed by atoms with Crippen LogP contribution in [0.3, 0.4) is 0 Å². The molecule has 3 rings (SSSR count). The summed E-state index contributed by atoms with van der Waals surface area (Å²) in [5, 5.41) is 0.764. The van der Waals surface area contributed by atoms with Crippen LogP contribution in [-0.4, -0.2) is 6.54 Å². The average Bonchev–Trinajstić information content (AvgIpc) is 2.54. The van der Waals surface area contributed by atoms with Crippen LogP contribution in [0.4, 0.5) is 0 Å². The van der Waals surface area contributed by atoms with Crippen molar-refractivity contribution >= 4 is 23.8 Å². The normalized spacial score (nSPS) is 16.9. The molecule has 0 fully saturated rings. The number of rotatable bonds is 1. The van der Waals surface area contributed by atoms with E-state index in [-0.39, 0.29) is 5.92 Å². The van der Waals surface area contributed by atoms with Crippen molar-refractivity contribution in [2.24, 2.45) is 5.73 Å². The van der Waals surface area contributed by atoms with Gasteiger partial charge in [0.15, 0.2) is 0 Å². The minimum absolute atomic E-state index is 0.213. The summed E-state index contributed by atoms with van der Waals surface area (Å²) in [6, 6.07) is 14.4. The molecule has 0 aromatic heterocycles. The summed E-state index contributed by atoms with van der Waals surface area (Å²) in [5.41, 5.74) is 10.9. The van der Waals surface area contributed by atoms with Gasteiger partial charge in [0.05, 0.1) is 0 Å². The fourth-order valence-electron chi connectivity index (χ4n) is 2.58. The van der Waals surface area contributed by atoms with Gasteiger partial charge in [-0.15, -0.1) is 0 Å². The molecular weight excluding hydrogens is 242 g/mol. The molecule has 90 valence electrons. The number of halogens is 1. The predicted molar refractivity (Wildman–Crippen MR) is 77.7 cm³/mol. The number of nitrogens with two attached hydrogens (primary N) is 1. The SMILES string of the molecule is NC[C@@H]1c2ccccc2C=Cc2ccc(Cl)cc21. The molecule has 0 saturated carbocycles. The number of hydrogen-bond donors (Lipinski definition) is 1. The third-order valence-electron chi connectivity index (χ3n) is 3.47. The van der Waals surface area contributed by atoms with Gasteiger partial charge in [-0.3, -0.25) is 0 Å². The van der Waals surface area contributed by atoms with E-state index in [1.54, 1.807) is 0 Å². The maximum atomic E-state index is 6.11. The molecular formula is C16H14ClN. The van der Waals surface area contributed by atoms with Gasteiger partial charge >= 0.3 is 0 Å². The van der Waals surface area contributed by atoms with Crippen LogP contribution in [0, 0.1) is 0 Å². The van der Waals surface area contributed by atoms with E-state index >= 15 is 0 Å². The molecule has 2 aromatic carbocycles. The highest BCUT2D eigenvalue weighted by molar-refractivity contribution is 6.30. The minimum atomic E-state index is 0.213. The summed E-state index contributed by atoms with van der Waals surface area (Å²) in [4.78, 5) is 0. The Kier molecular flexibility index (Phi) is 2.94. The standard InChI is InChI=1S/C16H14ClN/c17-13-8-7-12-6-5-11-3-1-2-4-14(11)16(10-18)15(12)9-13/h1-9,16H,10,18H2/t16-/m1/s1. The second kappa shape index (κ2) is 4.60. The van der Waals surface area contributed by atoms with Gasteiger partial charge in [-0.25, -0.2) is 0 Å². The monoisotopic (exact) mass is 255 g/mol. The number of hydrogen-bond acceptors (Lipinski definition) is 1. The summed E-state index contributed by atoms with van der Waals surface area (Å²) in [6.45, 7) is 0.589. The molecule has 2 heteroatoms. The van der Waals surface area contributed by atoms with Crippen molar-refractivity contribution < 1.29 is 0 Å². The van der Waals surface area contributed by atoms with E-state index in [4.69, 9.17) is 17.3 Å². The summed E-state index contributed by atoms with van der Waals surface area (Å²) >= 11 is 6.11. The molecule has 18 heavy (non-hydrogen) atoms. The van der Waals surface area contributed by atoms with E-state index in [9.17, 15) is 0 Å². The lowest BCUT2D eigenvalue weighted by Crippen LogP contribution is -2.15. The zero-order valence-electron chi connectivity index (χ0n) is 9.94. The first-order chi connectivity index (χ1) is 8.79. The zero-order valence-corrected chi connectivity index (χ0v) is 10.7. The molecule has 2 N–H and O–H groups in total. The van der Waals surface area contributed by atoms with Crippen LogP contribution in [0.2, 0.25) is 5.02 Å². The Morgan fingerprint density at radius 3 is 2.44 bits per heavy atom. The van der Waals surface area contributed by atoms with Crippen LogP contribution in [-0.2, 0) is 0 Å². The van der Waals surface area contributed by atoms with Crippen LogP contribution in [0.25, 0.3) is 12.2 Å². The first-order valence-corrected chi connectivity index (χ1v) is 6.44. The molecule has 1 aliphatic rings. The lowest BCUT2D eigenvalue weighted by molar-refractivity contribution is 0.817. The first-order valence-electron chi connectivity index (χ1n) is 6.06. The Morgan fingerprint density at radius 1 is 0.944 bits per heavy atom. The third-order valence-corrected chi connectivity index (χ3v) is 3.71. The highest BCUT2D eigenvalue weighted by Crippen LogP contribution is 2.35. The zero-order chi connectivity index (χ0) is 12.5. The van der Waals surface area contributed by atoms with E-state index in [0.29, 0.717) is 6.54 Å². The predicted octanol–water partition coefficient (Wildman–Crippen LogP) is 3.91. The van der Waals surface area contributed by atoms with Crippen LogP contribution < -0.4 is 5.73 Å².